The second-order valence-electron chi connectivity index (χ2n) is 5.31. The lowest BCUT2D eigenvalue weighted by Gasteiger charge is -2.10. The molecule has 0 aromatic heterocycles. The van der Waals surface area contributed by atoms with Crippen LogP contribution in [0.2, 0.25) is 0 Å². The van der Waals surface area contributed by atoms with Crippen molar-refractivity contribution in [3.05, 3.63) is 90.0 Å². The van der Waals surface area contributed by atoms with Gasteiger partial charge in [0.25, 0.3) is 0 Å². The van der Waals surface area contributed by atoms with Crippen LogP contribution in [0.15, 0.2) is 83.9 Å². The Hall–Kier alpha value is -2.67. The first kappa shape index (κ1) is 14.3. The summed E-state index contributed by atoms with van der Waals surface area (Å²) in [6.45, 7) is 2.13. The van der Waals surface area contributed by atoms with E-state index in [0.717, 1.165) is 0 Å². The van der Waals surface area contributed by atoms with E-state index in [9.17, 15) is 0 Å². The molecule has 3 rings (SSSR count). The van der Waals surface area contributed by atoms with Gasteiger partial charge in [0, 0.05) is 6.21 Å². The summed E-state index contributed by atoms with van der Waals surface area (Å²) in [4.78, 5) is 4.65. The maximum atomic E-state index is 4.65. The lowest BCUT2D eigenvalue weighted by atomic mass is 10.0. The smallest absolute Gasteiger partial charge is 0.0726 e. The van der Waals surface area contributed by atoms with Gasteiger partial charge in [0.2, 0.25) is 0 Å². The fourth-order valence-corrected chi connectivity index (χ4v) is 2.59. The highest BCUT2D eigenvalue weighted by Crippen LogP contribution is 2.25. The Bertz CT molecular complexity index is 795. The molecule has 0 aliphatic carbocycles. The molecule has 0 saturated heterocycles. The van der Waals surface area contributed by atoms with Crippen LogP contribution in [0.4, 0.5) is 0 Å². The van der Waals surface area contributed by atoms with Crippen LogP contribution >= 0.6 is 0 Å². The quantitative estimate of drug-likeness (QED) is 0.546. The van der Waals surface area contributed by atoms with Gasteiger partial charge in [-0.05, 0) is 34.9 Å². The lowest BCUT2D eigenvalue weighted by Crippen LogP contribution is -1.91. The molecule has 1 atom stereocenters. The highest BCUT2D eigenvalue weighted by atomic mass is 14.7. The Morgan fingerprint density at radius 1 is 0.818 bits per heavy atom. The van der Waals surface area contributed by atoms with Gasteiger partial charge in [-0.25, -0.2) is 0 Å². The highest BCUT2D eigenvalue weighted by molar-refractivity contribution is 5.86. The molecule has 0 saturated carbocycles. The van der Waals surface area contributed by atoms with Crippen molar-refractivity contribution in [3.8, 4) is 0 Å². The number of rotatable bonds is 4. The summed E-state index contributed by atoms with van der Waals surface area (Å²) in [6, 6.07) is 25.3. The third-order valence-corrected chi connectivity index (χ3v) is 3.76. The zero-order chi connectivity index (χ0) is 15.2. The Balaban J connectivity index is 1.77. The predicted molar refractivity (Wildman–Crippen MR) is 96.3 cm³/mol. The van der Waals surface area contributed by atoms with Crippen LogP contribution in [0.3, 0.4) is 0 Å². The minimum Gasteiger partial charge on any atom is -0.285 e. The normalized spacial score (nSPS) is 13.1. The molecular weight excluding hydrogens is 266 g/mol. The van der Waals surface area contributed by atoms with E-state index >= 15 is 0 Å². The molecule has 0 aliphatic rings. The maximum Gasteiger partial charge on any atom is 0.0726 e. The zero-order valence-electron chi connectivity index (χ0n) is 12.7. The molecule has 0 amide bonds. The number of hydrogen-bond acceptors (Lipinski definition) is 1. The second kappa shape index (κ2) is 6.86. The van der Waals surface area contributed by atoms with Crippen molar-refractivity contribution >= 4 is 23.1 Å². The van der Waals surface area contributed by atoms with Crippen molar-refractivity contribution in [2.45, 2.75) is 13.0 Å². The highest BCUT2D eigenvalue weighted by Gasteiger charge is 2.06. The van der Waals surface area contributed by atoms with E-state index in [4.69, 9.17) is 0 Å². The van der Waals surface area contributed by atoms with E-state index in [0.29, 0.717) is 0 Å². The predicted octanol–water partition coefficient (Wildman–Crippen LogP) is 5.69. The van der Waals surface area contributed by atoms with E-state index in [1.807, 2.05) is 30.5 Å². The average molecular weight is 285 g/mol. The topological polar surface area (TPSA) is 12.4 Å². The number of fused-ring (bicyclic) bond motifs is 1. The molecule has 0 radical (unpaired) electrons. The molecule has 0 fully saturated rings. The molecule has 22 heavy (non-hydrogen) atoms. The standard InChI is InChI=1S/C21H19N/c1-17(22-16-8-11-18-9-3-2-4-10-18)20-15-7-13-19-12-5-6-14-21(19)20/h2-17H,1H3/b11-8+,22-16?/t17-/m1/s1. The molecule has 3 aromatic rings. The molecule has 3 aromatic carbocycles. The summed E-state index contributed by atoms with van der Waals surface area (Å²) in [5.74, 6) is 0. The van der Waals surface area contributed by atoms with Crippen LogP contribution in [0.5, 0.6) is 0 Å². The van der Waals surface area contributed by atoms with E-state index in [1.54, 1.807) is 0 Å². The third kappa shape index (κ3) is 3.32. The molecule has 108 valence electrons. The first-order valence-corrected chi connectivity index (χ1v) is 7.57. The van der Waals surface area contributed by atoms with Gasteiger partial charge in [0.05, 0.1) is 6.04 Å². The van der Waals surface area contributed by atoms with Crippen LogP contribution in [0.25, 0.3) is 16.8 Å². The van der Waals surface area contributed by atoms with Gasteiger partial charge in [-0.2, -0.15) is 0 Å². The Kier molecular flexibility index (Phi) is 4.45. The van der Waals surface area contributed by atoms with Gasteiger partial charge in [0.15, 0.2) is 0 Å². The molecular formula is C21H19N. The minimum atomic E-state index is 0.145. The van der Waals surface area contributed by atoms with Crippen LogP contribution in [0, 0.1) is 0 Å². The number of aliphatic imine (C=N–C) groups is 1. The largest absolute Gasteiger partial charge is 0.285 e. The van der Waals surface area contributed by atoms with Crippen LogP contribution < -0.4 is 0 Å². The molecule has 0 aliphatic heterocycles. The Labute approximate surface area is 131 Å². The van der Waals surface area contributed by atoms with Gasteiger partial charge in [-0.1, -0.05) is 78.9 Å². The Morgan fingerprint density at radius 3 is 2.41 bits per heavy atom. The molecule has 0 unspecified atom stereocenters. The number of benzene rings is 3. The summed E-state index contributed by atoms with van der Waals surface area (Å²) in [6.07, 6.45) is 5.95. The third-order valence-electron chi connectivity index (χ3n) is 3.76. The zero-order valence-corrected chi connectivity index (χ0v) is 12.7. The maximum absolute atomic E-state index is 4.65. The molecule has 1 nitrogen and oxygen atoms in total. The first-order chi connectivity index (χ1) is 10.8. The number of nitrogens with zero attached hydrogens (tertiary/aromatic N) is 1. The monoisotopic (exact) mass is 285 g/mol. The number of hydrogen-bond donors (Lipinski definition) is 0. The fourth-order valence-electron chi connectivity index (χ4n) is 2.59. The second-order valence-corrected chi connectivity index (χ2v) is 5.31. The van der Waals surface area contributed by atoms with Crippen molar-refractivity contribution in [2.24, 2.45) is 4.99 Å². The molecule has 0 heterocycles. The van der Waals surface area contributed by atoms with Gasteiger partial charge in [0.1, 0.15) is 0 Å². The fraction of sp³-hybridized carbons (Fsp3) is 0.0952. The van der Waals surface area contributed by atoms with Crippen molar-refractivity contribution in [1.82, 2.24) is 0 Å². The van der Waals surface area contributed by atoms with Gasteiger partial charge in [-0.15, -0.1) is 0 Å². The van der Waals surface area contributed by atoms with Crippen molar-refractivity contribution < 1.29 is 0 Å². The van der Waals surface area contributed by atoms with Gasteiger partial charge >= 0.3 is 0 Å². The van der Waals surface area contributed by atoms with Crippen molar-refractivity contribution in [1.29, 1.82) is 0 Å². The number of allylic oxidation sites excluding steroid dienone is 1. The summed E-state index contributed by atoms with van der Waals surface area (Å²) in [5.41, 5.74) is 2.45. The molecule has 1 heteroatoms. The van der Waals surface area contributed by atoms with Crippen LogP contribution in [0.1, 0.15) is 24.1 Å². The minimum absolute atomic E-state index is 0.145. The van der Waals surface area contributed by atoms with E-state index in [2.05, 4.69) is 72.6 Å². The van der Waals surface area contributed by atoms with Crippen molar-refractivity contribution in [2.75, 3.05) is 0 Å². The van der Waals surface area contributed by atoms with Gasteiger partial charge < -0.3 is 0 Å². The summed E-state index contributed by atoms with van der Waals surface area (Å²) >= 11 is 0. The van der Waals surface area contributed by atoms with E-state index in [1.165, 1.54) is 21.9 Å². The van der Waals surface area contributed by atoms with E-state index < -0.39 is 0 Å². The molecule has 0 N–H and O–H groups in total. The SMILES string of the molecule is C[C@@H](N=C/C=C/c1ccccc1)c1cccc2ccccc12. The van der Waals surface area contributed by atoms with Crippen molar-refractivity contribution in [3.63, 3.8) is 0 Å². The van der Waals surface area contributed by atoms with Gasteiger partial charge in [-0.3, -0.25) is 4.99 Å². The van der Waals surface area contributed by atoms with E-state index in [-0.39, 0.29) is 6.04 Å². The summed E-state index contributed by atoms with van der Waals surface area (Å²) in [5, 5.41) is 2.54. The summed E-state index contributed by atoms with van der Waals surface area (Å²) < 4.78 is 0. The summed E-state index contributed by atoms with van der Waals surface area (Å²) in [7, 11) is 0. The average Bonchev–Trinajstić information content (AvgIpc) is 2.59. The first-order valence-electron chi connectivity index (χ1n) is 7.57. The van der Waals surface area contributed by atoms with Crippen LogP contribution in [-0.4, -0.2) is 6.21 Å². The van der Waals surface area contributed by atoms with Crippen LogP contribution in [-0.2, 0) is 0 Å². The molecule has 0 spiro atoms. The molecule has 0 bridgehead atoms. The lowest BCUT2D eigenvalue weighted by molar-refractivity contribution is 0.834. The Morgan fingerprint density at radius 2 is 1.55 bits per heavy atom.